The zero-order chi connectivity index (χ0) is 25.0. The van der Waals surface area contributed by atoms with Crippen LogP contribution in [0.15, 0.2) is 36.4 Å². The van der Waals surface area contributed by atoms with Gasteiger partial charge in [-0.15, -0.1) is 0 Å². The van der Waals surface area contributed by atoms with Crippen LogP contribution in [0.3, 0.4) is 0 Å². The highest BCUT2D eigenvalue weighted by atomic mass is 16.5. The SMILES string of the molecule is CC(C)CCC(=O)N([C@@H](CC=Cc1ccccc1)C(=O)NO)N(CC(C)C)C(=O)CN(C)C. The lowest BCUT2D eigenvalue weighted by molar-refractivity contribution is -0.175. The fraction of sp³-hybridized carbons (Fsp3) is 0.560. The largest absolute Gasteiger partial charge is 0.301 e. The van der Waals surface area contributed by atoms with Gasteiger partial charge in [0.25, 0.3) is 11.8 Å². The van der Waals surface area contributed by atoms with Crippen molar-refractivity contribution in [2.45, 2.75) is 53.0 Å². The Kier molecular flexibility index (Phi) is 12.4. The second kappa shape index (κ2) is 14.4. The van der Waals surface area contributed by atoms with Crippen molar-refractivity contribution in [2.75, 3.05) is 27.2 Å². The van der Waals surface area contributed by atoms with Crippen molar-refractivity contribution in [3.63, 3.8) is 0 Å². The van der Waals surface area contributed by atoms with E-state index in [0.29, 0.717) is 6.42 Å². The molecule has 0 bridgehead atoms. The Bertz CT molecular complexity index is 778. The molecular formula is C25H40N4O4. The molecule has 33 heavy (non-hydrogen) atoms. The normalized spacial score (nSPS) is 12.4. The van der Waals surface area contributed by atoms with Crippen LogP contribution < -0.4 is 5.48 Å². The lowest BCUT2D eigenvalue weighted by Crippen LogP contribution is -2.60. The minimum atomic E-state index is -1.07. The standard InChI is InChI=1S/C25H40N4O4/c1-19(2)15-16-23(30)29(28(17-20(3)4)24(31)18-27(5)6)22(25(32)26-33)14-10-13-21-11-8-7-9-12-21/h7-13,19-20,22,33H,14-18H2,1-6H3,(H,26,32)/t22-/m0/s1. The first kappa shape index (κ1) is 28.3. The van der Waals surface area contributed by atoms with E-state index < -0.39 is 11.9 Å². The molecule has 1 atom stereocenters. The summed E-state index contributed by atoms with van der Waals surface area (Å²) in [5.41, 5.74) is 2.63. The molecule has 2 N–H and O–H groups in total. The van der Waals surface area contributed by atoms with Gasteiger partial charge in [-0.2, -0.15) is 0 Å². The summed E-state index contributed by atoms with van der Waals surface area (Å²) in [5, 5.41) is 12.1. The highest BCUT2D eigenvalue weighted by Crippen LogP contribution is 2.18. The van der Waals surface area contributed by atoms with Crippen molar-refractivity contribution in [3.8, 4) is 0 Å². The number of hydroxylamine groups is 1. The summed E-state index contributed by atoms with van der Waals surface area (Å²) in [7, 11) is 3.55. The third-order valence-electron chi connectivity index (χ3n) is 4.91. The molecule has 0 unspecified atom stereocenters. The van der Waals surface area contributed by atoms with Gasteiger partial charge in [0.15, 0.2) is 0 Å². The Morgan fingerprint density at radius 1 is 1.00 bits per heavy atom. The van der Waals surface area contributed by atoms with Crippen molar-refractivity contribution in [1.29, 1.82) is 0 Å². The zero-order valence-electron chi connectivity index (χ0n) is 20.8. The van der Waals surface area contributed by atoms with Crippen LogP contribution in [0, 0.1) is 11.8 Å². The minimum Gasteiger partial charge on any atom is -0.301 e. The predicted octanol–water partition coefficient (Wildman–Crippen LogP) is 3.19. The first-order valence-electron chi connectivity index (χ1n) is 11.5. The number of hydrogen-bond acceptors (Lipinski definition) is 5. The smallest absolute Gasteiger partial charge is 0.268 e. The maximum atomic E-state index is 13.4. The molecule has 0 saturated carbocycles. The van der Waals surface area contributed by atoms with Gasteiger partial charge >= 0.3 is 0 Å². The topological polar surface area (TPSA) is 93.2 Å². The molecule has 0 aliphatic carbocycles. The molecule has 0 aliphatic heterocycles. The van der Waals surface area contributed by atoms with Gasteiger partial charge in [0.05, 0.1) is 6.54 Å². The summed E-state index contributed by atoms with van der Waals surface area (Å²) in [6.07, 6.45) is 4.59. The summed E-state index contributed by atoms with van der Waals surface area (Å²) in [5.74, 6) is -0.992. The highest BCUT2D eigenvalue weighted by molar-refractivity contribution is 5.89. The average Bonchev–Trinajstić information content (AvgIpc) is 2.75. The Morgan fingerprint density at radius 2 is 1.64 bits per heavy atom. The molecule has 1 aromatic carbocycles. The Balaban J connectivity index is 3.37. The number of carbonyl (C=O) groups excluding carboxylic acids is 3. The van der Waals surface area contributed by atoms with Gasteiger partial charge in [0, 0.05) is 13.0 Å². The van der Waals surface area contributed by atoms with Crippen molar-refractivity contribution >= 4 is 23.8 Å². The lowest BCUT2D eigenvalue weighted by Gasteiger charge is -2.40. The van der Waals surface area contributed by atoms with E-state index in [1.807, 2.05) is 64.1 Å². The van der Waals surface area contributed by atoms with E-state index in [9.17, 15) is 19.6 Å². The van der Waals surface area contributed by atoms with Gasteiger partial charge in [-0.05, 0) is 44.3 Å². The molecule has 1 rings (SSSR count). The first-order valence-corrected chi connectivity index (χ1v) is 11.5. The van der Waals surface area contributed by atoms with Crippen LogP contribution in [-0.2, 0) is 14.4 Å². The predicted molar refractivity (Wildman–Crippen MR) is 130 cm³/mol. The van der Waals surface area contributed by atoms with E-state index in [4.69, 9.17) is 0 Å². The van der Waals surface area contributed by atoms with E-state index >= 15 is 0 Å². The molecule has 8 nitrogen and oxygen atoms in total. The zero-order valence-corrected chi connectivity index (χ0v) is 20.8. The highest BCUT2D eigenvalue weighted by Gasteiger charge is 2.36. The molecule has 0 aliphatic rings. The first-order chi connectivity index (χ1) is 15.6. The molecule has 0 aromatic heterocycles. The maximum Gasteiger partial charge on any atom is 0.268 e. The van der Waals surface area contributed by atoms with Crippen LogP contribution in [0.2, 0.25) is 0 Å². The van der Waals surface area contributed by atoms with Crippen molar-refractivity contribution in [2.24, 2.45) is 11.8 Å². The van der Waals surface area contributed by atoms with Crippen LogP contribution in [-0.4, -0.2) is 71.1 Å². The minimum absolute atomic E-state index is 0.0641. The fourth-order valence-corrected chi connectivity index (χ4v) is 3.30. The van der Waals surface area contributed by atoms with Gasteiger partial charge < -0.3 is 4.90 Å². The number of hydrogen-bond donors (Lipinski definition) is 2. The number of rotatable bonds is 12. The van der Waals surface area contributed by atoms with Gasteiger partial charge in [0.1, 0.15) is 6.04 Å². The summed E-state index contributed by atoms with van der Waals surface area (Å²) >= 11 is 0. The maximum absolute atomic E-state index is 13.4. The number of likely N-dealkylation sites (N-methyl/N-ethyl adjacent to an activating group) is 1. The second-order valence-corrected chi connectivity index (χ2v) is 9.32. The van der Waals surface area contributed by atoms with E-state index in [1.165, 1.54) is 10.0 Å². The summed E-state index contributed by atoms with van der Waals surface area (Å²) in [6, 6.07) is 8.51. The Morgan fingerprint density at radius 3 is 2.15 bits per heavy atom. The molecule has 8 heteroatoms. The van der Waals surface area contributed by atoms with Gasteiger partial charge in [-0.1, -0.05) is 70.2 Å². The third-order valence-corrected chi connectivity index (χ3v) is 4.91. The van der Waals surface area contributed by atoms with E-state index in [0.717, 1.165) is 5.56 Å². The molecule has 184 valence electrons. The summed E-state index contributed by atoms with van der Waals surface area (Å²) in [4.78, 5) is 41.0. The molecule has 3 amide bonds. The number of nitrogens with one attached hydrogen (secondary N) is 1. The molecule has 0 saturated heterocycles. The molecule has 0 heterocycles. The molecular weight excluding hydrogens is 420 g/mol. The number of amides is 3. The lowest BCUT2D eigenvalue weighted by atomic mass is 10.1. The van der Waals surface area contributed by atoms with Crippen LogP contribution in [0.25, 0.3) is 6.08 Å². The van der Waals surface area contributed by atoms with Crippen molar-refractivity contribution < 1.29 is 19.6 Å². The van der Waals surface area contributed by atoms with E-state index in [1.54, 1.807) is 30.6 Å². The van der Waals surface area contributed by atoms with Crippen LogP contribution in [0.4, 0.5) is 0 Å². The van der Waals surface area contributed by atoms with Gasteiger partial charge in [-0.3, -0.25) is 19.6 Å². The monoisotopic (exact) mass is 460 g/mol. The average molecular weight is 461 g/mol. The Hall–Kier alpha value is -2.71. The summed E-state index contributed by atoms with van der Waals surface area (Å²) in [6.45, 7) is 8.29. The third kappa shape index (κ3) is 10.2. The Labute approximate surface area is 198 Å². The van der Waals surface area contributed by atoms with Gasteiger partial charge in [0.2, 0.25) is 5.91 Å². The summed E-state index contributed by atoms with van der Waals surface area (Å²) < 4.78 is 0. The van der Waals surface area contributed by atoms with E-state index in [2.05, 4.69) is 0 Å². The number of carbonyl (C=O) groups is 3. The quantitative estimate of drug-likeness (QED) is 0.369. The molecule has 0 spiro atoms. The fourth-order valence-electron chi connectivity index (χ4n) is 3.30. The van der Waals surface area contributed by atoms with Gasteiger partial charge in [-0.25, -0.2) is 15.5 Å². The van der Waals surface area contributed by atoms with Crippen LogP contribution >= 0.6 is 0 Å². The van der Waals surface area contributed by atoms with E-state index in [-0.39, 0.29) is 49.6 Å². The second-order valence-electron chi connectivity index (χ2n) is 9.32. The number of hydrazine groups is 1. The molecule has 1 aromatic rings. The molecule has 0 fully saturated rings. The molecule has 0 radical (unpaired) electrons. The number of benzene rings is 1. The van der Waals surface area contributed by atoms with Crippen molar-refractivity contribution in [1.82, 2.24) is 20.4 Å². The van der Waals surface area contributed by atoms with Crippen LogP contribution in [0.5, 0.6) is 0 Å². The van der Waals surface area contributed by atoms with Crippen LogP contribution in [0.1, 0.15) is 52.5 Å². The number of nitrogens with zero attached hydrogens (tertiary/aromatic N) is 3. The van der Waals surface area contributed by atoms with Crippen molar-refractivity contribution in [3.05, 3.63) is 42.0 Å².